The molecule has 0 spiro atoms. The first kappa shape index (κ1) is 13.0. The molecule has 0 saturated heterocycles. The van der Waals surface area contributed by atoms with Crippen molar-refractivity contribution in [2.24, 2.45) is 0 Å². The molecule has 1 aliphatic heterocycles. The Bertz CT molecular complexity index is 887. The molecule has 3 aromatic rings. The van der Waals surface area contributed by atoms with Crippen molar-refractivity contribution in [3.8, 4) is 0 Å². The maximum atomic E-state index is 13.6. The summed E-state index contributed by atoms with van der Waals surface area (Å²) >= 11 is 0. The number of anilines is 1. The van der Waals surface area contributed by atoms with Gasteiger partial charge in [0.15, 0.2) is 0 Å². The zero-order valence-electron chi connectivity index (χ0n) is 11.6. The fourth-order valence-electron chi connectivity index (χ4n) is 2.77. The lowest BCUT2D eigenvalue weighted by Crippen LogP contribution is -2.12. The molecule has 1 aliphatic rings. The Hall–Kier alpha value is -2.73. The van der Waals surface area contributed by atoms with Crippen LogP contribution in [0.25, 0.3) is 10.9 Å². The number of hydrogen-bond donors (Lipinski definition) is 3. The van der Waals surface area contributed by atoms with Gasteiger partial charge in [-0.25, -0.2) is 4.39 Å². The largest absolute Gasteiger partial charge is 0.322 e. The van der Waals surface area contributed by atoms with Crippen LogP contribution < -0.4 is 10.6 Å². The molecule has 0 aliphatic carbocycles. The fourth-order valence-corrected chi connectivity index (χ4v) is 2.77. The van der Waals surface area contributed by atoms with Crippen LogP contribution in [0.5, 0.6) is 0 Å². The van der Waals surface area contributed by atoms with E-state index in [1.54, 1.807) is 0 Å². The second kappa shape index (κ2) is 4.92. The first-order valence-electron chi connectivity index (χ1n) is 6.97. The van der Waals surface area contributed by atoms with Crippen molar-refractivity contribution >= 4 is 22.5 Å². The second-order valence-corrected chi connectivity index (χ2v) is 5.33. The Labute approximate surface area is 125 Å². The van der Waals surface area contributed by atoms with E-state index in [1.807, 2.05) is 18.2 Å². The van der Waals surface area contributed by atoms with Crippen LogP contribution in [-0.2, 0) is 13.1 Å². The Balaban J connectivity index is 1.68. The summed E-state index contributed by atoms with van der Waals surface area (Å²) in [6.45, 7) is 1.65. The number of rotatable bonds is 2. The number of fused-ring (bicyclic) bond motifs is 2. The molecule has 6 heteroatoms. The number of carbonyl (C=O) groups is 1. The summed E-state index contributed by atoms with van der Waals surface area (Å²) in [5.74, 6) is -0.822. The van der Waals surface area contributed by atoms with Gasteiger partial charge in [-0.3, -0.25) is 9.89 Å². The van der Waals surface area contributed by atoms with E-state index in [4.69, 9.17) is 0 Å². The molecule has 0 atom stereocenters. The van der Waals surface area contributed by atoms with Crippen LogP contribution in [0.2, 0.25) is 0 Å². The number of halogens is 1. The molecular formula is C16H13FN4O. The average molecular weight is 296 g/mol. The number of aromatic amines is 1. The van der Waals surface area contributed by atoms with Crippen LogP contribution >= 0.6 is 0 Å². The molecule has 0 unspecified atom stereocenters. The number of aromatic nitrogens is 2. The number of carbonyl (C=O) groups excluding carboxylic acids is 1. The third-order valence-electron chi connectivity index (χ3n) is 3.86. The molecule has 0 bridgehead atoms. The zero-order valence-corrected chi connectivity index (χ0v) is 11.6. The summed E-state index contributed by atoms with van der Waals surface area (Å²) in [7, 11) is 0. The quantitative estimate of drug-likeness (QED) is 0.680. The molecular weight excluding hydrogens is 283 g/mol. The number of nitrogens with zero attached hydrogens (tertiary/aromatic N) is 1. The van der Waals surface area contributed by atoms with Crippen LogP contribution in [0.15, 0.2) is 36.5 Å². The molecule has 1 aromatic heterocycles. The molecule has 0 radical (unpaired) electrons. The van der Waals surface area contributed by atoms with E-state index >= 15 is 0 Å². The minimum Gasteiger partial charge on any atom is -0.322 e. The molecule has 22 heavy (non-hydrogen) atoms. The van der Waals surface area contributed by atoms with Gasteiger partial charge in [-0.2, -0.15) is 5.10 Å². The molecule has 4 rings (SSSR count). The van der Waals surface area contributed by atoms with Gasteiger partial charge < -0.3 is 10.6 Å². The molecule has 1 amide bonds. The number of hydrogen-bond acceptors (Lipinski definition) is 3. The standard InChI is InChI=1S/C16H13FN4O/c17-11-4-13(14-8-19-21-15(14)5-11)16(22)20-12-2-1-9-6-18-7-10(9)3-12/h1-5,8,18H,6-7H2,(H,19,21)(H,20,22). The normalized spacial score (nSPS) is 13.3. The Morgan fingerprint density at radius 3 is 2.95 bits per heavy atom. The van der Waals surface area contributed by atoms with Crippen molar-refractivity contribution in [2.75, 3.05) is 5.32 Å². The van der Waals surface area contributed by atoms with Crippen molar-refractivity contribution in [2.45, 2.75) is 13.1 Å². The smallest absolute Gasteiger partial charge is 0.256 e. The Morgan fingerprint density at radius 1 is 1.18 bits per heavy atom. The molecule has 2 heterocycles. The van der Waals surface area contributed by atoms with Crippen molar-refractivity contribution in [1.29, 1.82) is 0 Å². The van der Waals surface area contributed by atoms with E-state index in [0.717, 1.165) is 13.1 Å². The van der Waals surface area contributed by atoms with Gasteiger partial charge in [0, 0.05) is 24.2 Å². The first-order chi connectivity index (χ1) is 10.7. The summed E-state index contributed by atoms with van der Waals surface area (Å²) in [5, 5.41) is 13.2. The van der Waals surface area contributed by atoms with Gasteiger partial charge in [0.25, 0.3) is 5.91 Å². The fraction of sp³-hybridized carbons (Fsp3) is 0.125. The van der Waals surface area contributed by atoms with Gasteiger partial charge in [-0.15, -0.1) is 0 Å². The van der Waals surface area contributed by atoms with Crippen molar-refractivity contribution in [1.82, 2.24) is 15.5 Å². The van der Waals surface area contributed by atoms with E-state index in [2.05, 4.69) is 20.8 Å². The monoisotopic (exact) mass is 296 g/mol. The zero-order chi connectivity index (χ0) is 15.1. The maximum absolute atomic E-state index is 13.6. The number of H-pyrrole nitrogens is 1. The summed E-state index contributed by atoms with van der Waals surface area (Å²) in [6.07, 6.45) is 1.52. The Kier molecular flexibility index (Phi) is 2.90. The van der Waals surface area contributed by atoms with Crippen LogP contribution in [0, 0.1) is 5.82 Å². The van der Waals surface area contributed by atoms with Crippen LogP contribution in [0.4, 0.5) is 10.1 Å². The third kappa shape index (κ3) is 2.14. The molecule has 110 valence electrons. The average Bonchev–Trinajstić information content (AvgIpc) is 3.13. The van der Waals surface area contributed by atoms with Crippen LogP contribution in [0.1, 0.15) is 21.5 Å². The predicted octanol–water partition coefficient (Wildman–Crippen LogP) is 2.56. The first-order valence-corrected chi connectivity index (χ1v) is 6.97. The highest BCUT2D eigenvalue weighted by Crippen LogP contribution is 2.23. The van der Waals surface area contributed by atoms with Gasteiger partial charge in [0.1, 0.15) is 5.82 Å². The molecule has 0 fully saturated rings. The summed E-state index contributed by atoms with van der Waals surface area (Å²) in [4.78, 5) is 12.4. The summed E-state index contributed by atoms with van der Waals surface area (Å²) in [6, 6.07) is 8.33. The lowest BCUT2D eigenvalue weighted by atomic mass is 10.1. The van der Waals surface area contributed by atoms with E-state index in [1.165, 1.54) is 29.5 Å². The van der Waals surface area contributed by atoms with E-state index in [-0.39, 0.29) is 11.5 Å². The Morgan fingerprint density at radius 2 is 2.05 bits per heavy atom. The SMILES string of the molecule is O=C(Nc1ccc2c(c1)CNC2)c1cc(F)cc2[nH]ncc12. The van der Waals surface area contributed by atoms with Gasteiger partial charge in [-0.05, 0) is 35.4 Å². The predicted molar refractivity (Wildman–Crippen MR) is 81.0 cm³/mol. The van der Waals surface area contributed by atoms with E-state index in [0.29, 0.717) is 16.6 Å². The molecule has 3 N–H and O–H groups in total. The topological polar surface area (TPSA) is 69.8 Å². The van der Waals surface area contributed by atoms with E-state index in [9.17, 15) is 9.18 Å². The summed E-state index contributed by atoms with van der Waals surface area (Å²) in [5.41, 5.74) is 3.88. The highest BCUT2D eigenvalue weighted by molar-refractivity contribution is 6.12. The summed E-state index contributed by atoms with van der Waals surface area (Å²) < 4.78 is 13.6. The third-order valence-corrected chi connectivity index (χ3v) is 3.86. The number of nitrogens with one attached hydrogen (secondary N) is 3. The number of amides is 1. The maximum Gasteiger partial charge on any atom is 0.256 e. The molecule has 2 aromatic carbocycles. The minimum absolute atomic E-state index is 0.266. The second-order valence-electron chi connectivity index (χ2n) is 5.33. The van der Waals surface area contributed by atoms with Gasteiger partial charge in [0.05, 0.1) is 17.3 Å². The lowest BCUT2D eigenvalue weighted by molar-refractivity contribution is 0.102. The van der Waals surface area contributed by atoms with Crippen molar-refractivity contribution in [3.05, 3.63) is 59.0 Å². The number of benzene rings is 2. The van der Waals surface area contributed by atoms with Crippen LogP contribution in [0.3, 0.4) is 0 Å². The lowest BCUT2D eigenvalue weighted by Gasteiger charge is -2.08. The highest BCUT2D eigenvalue weighted by atomic mass is 19.1. The molecule has 5 nitrogen and oxygen atoms in total. The highest BCUT2D eigenvalue weighted by Gasteiger charge is 2.15. The van der Waals surface area contributed by atoms with E-state index < -0.39 is 5.82 Å². The van der Waals surface area contributed by atoms with Crippen LogP contribution in [-0.4, -0.2) is 16.1 Å². The van der Waals surface area contributed by atoms with Crippen molar-refractivity contribution in [3.63, 3.8) is 0 Å². The minimum atomic E-state index is -0.472. The van der Waals surface area contributed by atoms with Gasteiger partial charge >= 0.3 is 0 Å². The van der Waals surface area contributed by atoms with Crippen molar-refractivity contribution < 1.29 is 9.18 Å². The van der Waals surface area contributed by atoms with Gasteiger partial charge in [-0.1, -0.05) is 6.07 Å². The molecule has 0 saturated carbocycles. The van der Waals surface area contributed by atoms with Gasteiger partial charge in [0.2, 0.25) is 0 Å².